The lowest BCUT2D eigenvalue weighted by atomic mass is 10.5. The largest absolute Gasteiger partial charge is 0.253 e. The third-order valence-corrected chi connectivity index (χ3v) is 1.72. The van der Waals surface area contributed by atoms with Crippen molar-refractivity contribution in [1.82, 2.24) is 4.57 Å². The van der Waals surface area contributed by atoms with E-state index in [9.17, 15) is 0 Å². The van der Waals surface area contributed by atoms with Crippen LogP contribution in [0.25, 0.3) is 0 Å². The summed E-state index contributed by atoms with van der Waals surface area (Å²) in [6.45, 7) is 10.7. The highest BCUT2D eigenvalue weighted by atomic mass is 15.1. The Morgan fingerprint density at radius 1 is 1.58 bits per heavy atom. The molecule has 68 valence electrons. The number of aryl methyl sites for hydroxylation is 1. The summed E-state index contributed by atoms with van der Waals surface area (Å²) >= 11 is 0. The second kappa shape index (κ2) is 5.58. The molecule has 0 unspecified atom stereocenters. The van der Waals surface area contributed by atoms with Crippen molar-refractivity contribution in [3.8, 4) is 0 Å². The number of imidazole rings is 1. The summed E-state index contributed by atoms with van der Waals surface area (Å²) in [5.74, 6) is 1.25. The Morgan fingerprint density at radius 2 is 2.17 bits per heavy atom. The van der Waals surface area contributed by atoms with E-state index < -0.39 is 0 Å². The van der Waals surface area contributed by atoms with E-state index in [1.165, 1.54) is 5.82 Å². The molecule has 1 aromatic heterocycles. The summed E-state index contributed by atoms with van der Waals surface area (Å²) in [5.41, 5.74) is 0. The molecule has 0 atom stereocenters. The average Bonchev–Trinajstić information content (AvgIpc) is 2.41. The summed E-state index contributed by atoms with van der Waals surface area (Å²) in [5, 5.41) is 0. The molecule has 0 aliphatic rings. The van der Waals surface area contributed by atoms with Crippen molar-refractivity contribution in [2.45, 2.75) is 27.3 Å². The fourth-order valence-corrected chi connectivity index (χ4v) is 0.931. The molecule has 0 spiro atoms. The molecule has 0 radical (unpaired) electrons. The Kier molecular flexibility index (Phi) is 5.09. The SMILES string of the molecule is C=CCn1cc[n+](C)c1C.CC. The minimum absolute atomic E-state index is 0.896. The molecule has 1 heterocycles. The van der Waals surface area contributed by atoms with Gasteiger partial charge in [0.1, 0.15) is 18.9 Å². The van der Waals surface area contributed by atoms with Gasteiger partial charge in [-0.05, 0) is 0 Å². The van der Waals surface area contributed by atoms with E-state index in [1.807, 2.05) is 33.2 Å². The van der Waals surface area contributed by atoms with Crippen molar-refractivity contribution < 1.29 is 4.57 Å². The molecule has 2 heteroatoms. The third kappa shape index (κ3) is 2.53. The van der Waals surface area contributed by atoms with Gasteiger partial charge < -0.3 is 0 Å². The van der Waals surface area contributed by atoms with E-state index in [2.05, 4.69) is 28.8 Å². The second-order valence-electron chi connectivity index (χ2n) is 2.40. The number of hydrogen-bond donors (Lipinski definition) is 0. The molecular weight excluding hydrogens is 148 g/mol. The van der Waals surface area contributed by atoms with E-state index >= 15 is 0 Å². The van der Waals surface area contributed by atoms with Gasteiger partial charge in [-0.15, -0.1) is 0 Å². The van der Waals surface area contributed by atoms with E-state index in [1.54, 1.807) is 0 Å². The van der Waals surface area contributed by atoms with Gasteiger partial charge in [0, 0.05) is 6.92 Å². The van der Waals surface area contributed by atoms with Gasteiger partial charge in [0.2, 0.25) is 0 Å². The van der Waals surface area contributed by atoms with E-state index in [-0.39, 0.29) is 0 Å². The first-order valence-corrected chi connectivity index (χ1v) is 4.38. The predicted octanol–water partition coefficient (Wildman–Crippen LogP) is 1.83. The highest BCUT2D eigenvalue weighted by Gasteiger charge is 2.04. The summed E-state index contributed by atoms with van der Waals surface area (Å²) < 4.78 is 4.23. The van der Waals surface area contributed by atoms with Crippen LogP contribution >= 0.6 is 0 Å². The Bertz CT molecular complexity index is 236. The minimum Gasteiger partial charge on any atom is -0.237 e. The molecule has 0 fully saturated rings. The van der Waals surface area contributed by atoms with Gasteiger partial charge >= 0.3 is 0 Å². The zero-order valence-corrected chi connectivity index (χ0v) is 8.54. The van der Waals surface area contributed by atoms with Gasteiger partial charge in [0.05, 0.1) is 7.05 Å². The van der Waals surface area contributed by atoms with Crippen LogP contribution in [-0.4, -0.2) is 4.57 Å². The minimum atomic E-state index is 0.896. The zero-order valence-electron chi connectivity index (χ0n) is 8.54. The lowest BCUT2D eigenvalue weighted by Crippen LogP contribution is -2.29. The zero-order chi connectivity index (χ0) is 9.56. The molecule has 0 saturated heterocycles. The van der Waals surface area contributed by atoms with Gasteiger partial charge in [-0.2, -0.15) is 0 Å². The van der Waals surface area contributed by atoms with Gasteiger partial charge in [-0.25, -0.2) is 9.13 Å². The summed E-state index contributed by atoms with van der Waals surface area (Å²) in [6, 6.07) is 0. The maximum Gasteiger partial charge on any atom is 0.253 e. The average molecular weight is 167 g/mol. The van der Waals surface area contributed by atoms with Crippen molar-refractivity contribution in [3.05, 3.63) is 30.9 Å². The third-order valence-electron chi connectivity index (χ3n) is 1.72. The Hall–Kier alpha value is -1.05. The smallest absolute Gasteiger partial charge is 0.237 e. The van der Waals surface area contributed by atoms with Gasteiger partial charge in [-0.3, -0.25) is 0 Å². The highest BCUT2D eigenvalue weighted by Crippen LogP contribution is 1.91. The molecule has 0 N–H and O–H groups in total. The molecule has 0 saturated carbocycles. The van der Waals surface area contributed by atoms with Crippen molar-refractivity contribution in [2.24, 2.45) is 7.05 Å². The van der Waals surface area contributed by atoms with Crippen LogP contribution in [0.2, 0.25) is 0 Å². The van der Waals surface area contributed by atoms with E-state index in [4.69, 9.17) is 0 Å². The van der Waals surface area contributed by atoms with Crippen LogP contribution in [0.1, 0.15) is 19.7 Å². The quantitative estimate of drug-likeness (QED) is 0.469. The first kappa shape index (κ1) is 11.0. The monoisotopic (exact) mass is 167 g/mol. The Balaban J connectivity index is 0.000000561. The second-order valence-corrected chi connectivity index (χ2v) is 2.40. The Labute approximate surface area is 75.2 Å². The van der Waals surface area contributed by atoms with Crippen LogP contribution in [0.15, 0.2) is 25.0 Å². The number of hydrogen-bond acceptors (Lipinski definition) is 0. The first-order chi connectivity index (χ1) is 5.75. The molecule has 1 rings (SSSR count). The summed E-state index contributed by atoms with van der Waals surface area (Å²) in [6.07, 6.45) is 5.99. The van der Waals surface area contributed by atoms with E-state index in [0.717, 1.165) is 6.54 Å². The van der Waals surface area contributed by atoms with Gasteiger partial charge in [-0.1, -0.05) is 26.5 Å². The molecule has 0 amide bonds. The lowest BCUT2D eigenvalue weighted by Gasteiger charge is -1.91. The molecule has 0 bridgehead atoms. The van der Waals surface area contributed by atoms with Crippen LogP contribution in [0.5, 0.6) is 0 Å². The van der Waals surface area contributed by atoms with Crippen molar-refractivity contribution in [2.75, 3.05) is 0 Å². The fourth-order valence-electron chi connectivity index (χ4n) is 0.931. The molecule has 0 aliphatic carbocycles. The molecule has 2 nitrogen and oxygen atoms in total. The maximum absolute atomic E-state index is 3.68. The number of rotatable bonds is 2. The van der Waals surface area contributed by atoms with Crippen molar-refractivity contribution >= 4 is 0 Å². The normalized spacial score (nSPS) is 8.67. The first-order valence-electron chi connectivity index (χ1n) is 4.38. The van der Waals surface area contributed by atoms with Crippen LogP contribution in [-0.2, 0) is 13.6 Å². The van der Waals surface area contributed by atoms with Crippen LogP contribution in [0, 0.1) is 6.92 Å². The number of aromatic nitrogens is 2. The molecule has 1 aromatic rings. The summed E-state index contributed by atoms with van der Waals surface area (Å²) in [4.78, 5) is 0. The van der Waals surface area contributed by atoms with E-state index in [0.29, 0.717) is 0 Å². The molecule has 0 aromatic carbocycles. The van der Waals surface area contributed by atoms with Crippen molar-refractivity contribution in [3.63, 3.8) is 0 Å². The fraction of sp³-hybridized carbons (Fsp3) is 0.500. The number of nitrogens with zero attached hydrogens (tertiary/aromatic N) is 2. The molecular formula is C10H19N2+. The van der Waals surface area contributed by atoms with Crippen LogP contribution in [0.4, 0.5) is 0 Å². The Morgan fingerprint density at radius 3 is 2.50 bits per heavy atom. The van der Waals surface area contributed by atoms with Crippen LogP contribution in [0.3, 0.4) is 0 Å². The summed E-state index contributed by atoms with van der Waals surface area (Å²) in [7, 11) is 2.04. The molecule has 12 heavy (non-hydrogen) atoms. The maximum atomic E-state index is 3.68. The topological polar surface area (TPSA) is 8.81 Å². The highest BCUT2D eigenvalue weighted by molar-refractivity contribution is 4.83. The van der Waals surface area contributed by atoms with Gasteiger partial charge in [0.25, 0.3) is 5.82 Å². The van der Waals surface area contributed by atoms with Crippen LogP contribution < -0.4 is 4.57 Å². The number of allylic oxidation sites excluding steroid dienone is 1. The standard InChI is InChI=1S/C8H13N2.C2H6/c1-4-5-10-7-6-9(3)8(10)2;1-2/h4,6-7H,1,5H2,2-3H3;1-2H3/q+1;. The predicted molar refractivity (Wildman–Crippen MR) is 51.9 cm³/mol. The molecule has 0 aliphatic heterocycles. The van der Waals surface area contributed by atoms with Gasteiger partial charge in [0.15, 0.2) is 0 Å². The lowest BCUT2D eigenvalue weighted by molar-refractivity contribution is -0.677. The van der Waals surface area contributed by atoms with Crippen molar-refractivity contribution in [1.29, 1.82) is 0 Å².